The molecule has 0 aromatic heterocycles. The van der Waals surface area contributed by atoms with Crippen LogP contribution in [0, 0.1) is 28.6 Å². The quantitative estimate of drug-likeness (QED) is 0.801. The van der Waals surface area contributed by atoms with Gasteiger partial charge in [0, 0.05) is 23.7 Å². The highest BCUT2D eigenvalue weighted by molar-refractivity contribution is 5.45. The number of allylic oxidation sites excluding steroid dienone is 4. The molecule has 0 spiro atoms. The highest BCUT2D eigenvalue weighted by atomic mass is 16.5. The standard InChI is InChI=1S/C14H11N3O/c15-8-10-4-5-14(6-11(10)9-16)18-13-3-1-2-12(17)7-13/h1-5,7,11H,6,17H2. The molecular weight excluding hydrogens is 226 g/mol. The summed E-state index contributed by atoms with van der Waals surface area (Å²) >= 11 is 0. The fourth-order valence-electron chi connectivity index (χ4n) is 1.71. The molecule has 0 bridgehead atoms. The molecule has 88 valence electrons. The number of rotatable bonds is 2. The predicted molar refractivity (Wildman–Crippen MR) is 67.0 cm³/mol. The fraction of sp³-hybridized carbons (Fsp3) is 0.143. The fourth-order valence-corrected chi connectivity index (χ4v) is 1.71. The third-order valence-electron chi connectivity index (χ3n) is 2.62. The van der Waals surface area contributed by atoms with Gasteiger partial charge in [0.15, 0.2) is 0 Å². The van der Waals surface area contributed by atoms with Crippen LogP contribution in [0.4, 0.5) is 5.69 Å². The molecule has 4 heteroatoms. The Labute approximate surface area is 105 Å². The Hall–Kier alpha value is -2.72. The summed E-state index contributed by atoms with van der Waals surface area (Å²) in [5.41, 5.74) is 6.74. The first-order valence-corrected chi connectivity index (χ1v) is 5.47. The van der Waals surface area contributed by atoms with Gasteiger partial charge in [0.25, 0.3) is 0 Å². The van der Waals surface area contributed by atoms with Gasteiger partial charge in [0.2, 0.25) is 0 Å². The maximum atomic E-state index is 8.98. The molecule has 2 N–H and O–H groups in total. The summed E-state index contributed by atoms with van der Waals surface area (Å²) < 4.78 is 5.64. The first-order chi connectivity index (χ1) is 8.72. The topological polar surface area (TPSA) is 82.8 Å². The van der Waals surface area contributed by atoms with E-state index in [9.17, 15) is 0 Å². The zero-order valence-electron chi connectivity index (χ0n) is 9.63. The van der Waals surface area contributed by atoms with Crippen molar-refractivity contribution in [3.8, 4) is 17.9 Å². The van der Waals surface area contributed by atoms with E-state index in [-0.39, 0.29) is 0 Å². The number of hydrogen-bond donors (Lipinski definition) is 1. The zero-order valence-corrected chi connectivity index (χ0v) is 9.63. The number of nitrogens with zero attached hydrogens (tertiary/aromatic N) is 2. The third kappa shape index (κ3) is 2.50. The normalized spacial score (nSPS) is 18.0. The Morgan fingerprint density at radius 1 is 1.28 bits per heavy atom. The molecule has 0 radical (unpaired) electrons. The molecule has 0 saturated heterocycles. The lowest BCUT2D eigenvalue weighted by Gasteiger charge is -2.16. The van der Waals surface area contributed by atoms with Crippen LogP contribution in [0.1, 0.15) is 6.42 Å². The van der Waals surface area contributed by atoms with E-state index in [1.54, 1.807) is 36.4 Å². The van der Waals surface area contributed by atoms with Gasteiger partial charge in [-0.05, 0) is 24.3 Å². The summed E-state index contributed by atoms with van der Waals surface area (Å²) in [6, 6.07) is 11.2. The molecule has 1 atom stereocenters. The zero-order chi connectivity index (χ0) is 13.0. The number of anilines is 1. The molecule has 1 aliphatic rings. The second-order valence-electron chi connectivity index (χ2n) is 3.93. The van der Waals surface area contributed by atoms with E-state index in [2.05, 4.69) is 6.07 Å². The van der Waals surface area contributed by atoms with Crippen LogP contribution in [0.3, 0.4) is 0 Å². The van der Waals surface area contributed by atoms with E-state index < -0.39 is 5.92 Å². The van der Waals surface area contributed by atoms with Crippen molar-refractivity contribution in [3.63, 3.8) is 0 Å². The second kappa shape index (κ2) is 5.07. The van der Waals surface area contributed by atoms with Crippen LogP contribution < -0.4 is 10.5 Å². The first-order valence-electron chi connectivity index (χ1n) is 5.47. The van der Waals surface area contributed by atoms with Gasteiger partial charge in [-0.1, -0.05) is 6.07 Å². The Balaban J connectivity index is 2.17. The van der Waals surface area contributed by atoms with Gasteiger partial charge in [-0.15, -0.1) is 0 Å². The van der Waals surface area contributed by atoms with Gasteiger partial charge < -0.3 is 10.5 Å². The molecule has 2 rings (SSSR count). The first kappa shape index (κ1) is 11.8. The van der Waals surface area contributed by atoms with E-state index in [0.717, 1.165) is 0 Å². The lowest BCUT2D eigenvalue weighted by atomic mass is 9.93. The molecule has 0 heterocycles. The maximum absolute atomic E-state index is 8.98. The lowest BCUT2D eigenvalue weighted by molar-refractivity contribution is 0.390. The van der Waals surface area contributed by atoms with Crippen molar-refractivity contribution in [2.75, 3.05) is 5.73 Å². The molecule has 1 unspecified atom stereocenters. The average Bonchev–Trinajstić information content (AvgIpc) is 2.38. The van der Waals surface area contributed by atoms with Crippen molar-refractivity contribution in [1.82, 2.24) is 0 Å². The van der Waals surface area contributed by atoms with E-state index in [1.165, 1.54) is 0 Å². The number of hydrogen-bond acceptors (Lipinski definition) is 4. The van der Waals surface area contributed by atoms with Crippen LogP contribution in [0.15, 0.2) is 47.7 Å². The van der Waals surface area contributed by atoms with E-state index in [4.69, 9.17) is 21.0 Å². The Bertz CT molecular complexity index is 602. The van der Waals surface area contributed by atoms with Gasteiger partial charge in [-0.3, -0.25) is 0 Å². The summed E-state index contributed by atoms with van der Waals surface area (Å²) in [7, 11) is 0. The lowest BCUT2D eigenvalue weighted by Crippen LogP contribution is -2.09. The third-order valence-corrected chi connectivity index (χ3v) is 2.62. The van der Waals surface area contributed by atoms with Gasteiger partial charge in [0.05, 0.1) is 18.1 Å². The molecule has 4 nitrogen and oxygen atoms in total. The molecule has 18 heavy (non-hydrogen) atoms. The second-order valence-corrected chi connectivity index (χ2v) is 3.93. The number of nitriles is 2. The van der Waals surface area contributed by atoms with Crippen molar-refractivity contribution < 1.29 is 4.74 Å². The van der Waals surface area contributed by atoms with Gasteiger partial charge in [-0.2, -0.15) is 10.5 Å². The van der Waals surface area contributed by atoms with Gasteiger partial charge in [0.1, 0.15) is 11.5 Å². The smallest absolute Gasteiger partial charge is 0.128 e. The minimum atomic E-state index is -0.434. The summed E-state index contributed by atoms with van der Waals surface area (Å²) in [4.78, 5) is 0. The van der Waals surface area contributed by atoms with Gasteiger partial charge >= 0.3 is 0 Å². The number of nitrogen functional groups attached to an aromatic ring is 1. The molecule has 0 amide bonds. The van der Waals surface area contributed by atoms with Crippen LogP contribution in [0.2, 0.25) is 0 Å². The van der Waals surface area contributed by atoms with E-state index >= 15 is 0 Å². The molecule has 0 aliphatic heterocycles. The minimum Gasteiger partial charge on any atom is -0.462 e. The van der Waals surface area contributed by atoms with Crippen molar-refractivity contribution in [1.29, 1.82) is 10.5 Å². The van der Waals surface area contributed by atoms with Crippen LogP contribution >= 0.6 is 0 Å². The SMILES string of the molecule is N#CC1=CC=C(Oc2cccc(N)c2)CC1C#N. The van der Waals surface area contributed by atoms with Crippen LogP contribution in [-0.4, -0.2) is 0 Å². The van der Waals surface area contributed by atoms with Crippen molar-refractivity contribution in [2.45, 2.75) is 6.42 Å². The summed E-state index contributed by atoms with van der Waals surface area (Å²) in [5.74, 6) is 0.856. The minimum absolute atomic E-state index is 0.407. The Morgan fingerprint density at radius 2 is 2.11 bits per heavy atom. The van der Waals surface area contributed by atoms with Crippen LogP contribution in [0.25, 0.3) is 0 Å². The van der Waals surface area contributed by atoms with Crippen molar-refractivity contribution >= 4 is 5.69 Å². The highest BCUT2D eigenvalue weighted by Crippen LogP contribution is 2.27. The Morgan fingerprint density at radius 3 is 2.78 bits per heavy atom. The van der Waals surface area contributed by atoms with Crippen molar-refractivity contribution in [2.24, 2.45) is 5.92 Å². The average molecular weight is 237 g/mol. The van der Waals surface area contributed by atoms with Crippen LogP contribution in [0.5, 0.6) is 5.75 Å². The summed E-state index contributed by atoms with van der Waals surface area (Å²) in [5, 5.41) is 17.8. The maximum Gasteiger partial charge on any atom is 0.128 e. The van der Waals surface area contributed by atoms with Crippen LogP contribution in [-0.2, 0) is 0 Å². The number of nitrogens with two attached hydrogens (primary N) is 1. The molecule has 0 saturated carbocycles. The van der Waals surface area contributed by atoms with Crippen molar-refractivity contribution in [3.05, 3.63) is 47.7 Å². The summed E-state index contributed by atoms with van der Waals surface area (Å²) in [6.45, 7) is 0. The van der Waals surface area contributed by atoms with E-state index in [0.29, 0.717) is 29.2 Å². The number of benzene rings is 1. The predicted octanol–water partition coefficient (Wildman–Crippen LogP) is 2.52. The molecule has 1 aromatic carbocycles. The molecule has 1 aromatic rings. The monoisotopic (exact) mass is 237 g/mol. The summed E-state index contributed by atoms with van der Waals surface area (Å²) in [6.07, 6.45) is 3.75. The highest BCUT2D eigenvalue weighted by Gasteiger charge is 2.20. The molecule has 1 aliphatic carbocycles. The molecular formula is C14H11N3O. The molecule has 0 fully saturated rings. The Kier molecular flexibility index (Phi) is 3.31. The largest absolute Gasteiger partial charge is 0.462 e. The number of ether oxygens (including phenoxy) is 1. The van der Waals surface area contributed by atoms with E-state index in [1.807, 2.05) is 6.07 Å². The van der Waals surface area contributed by atoms with Gasteiger partial charge in [-0.25, -0.2) is 0 Å².